The average molecular weight is 351 g/mol. The quantitative estimate of drug-likeness (QED) is 0.748. The molecule has 0 spiro atoms. The number of rotatable bonds is 7. The fourth-order valence-electron chi connectivity index (χ4n) is 2.88. The minimum atomic E-state index is -0.803. The van der Waals surface area contributed by atoms with Gasteiger partial charge >= 0.3 is 6.03 Å². The van der Waals surface area contributed by atoms with E-state index in [-0.39, 0.29) is 24.8 Å². The van der Waals surface area contributed by atoms with Crippen LogP contribution in [-0.2, 0) is 22.6 Å². The van der Waals surface area contributed by atoms with Crippen LogP contribution in [0.1, 0.15) is 17.5 Å². The van der Waals surface area contributed by atoms with Crippen LogP contribution < -0.4 is 10.6 Å². The van der Waals surface area contributed by atoms with Gasteiger partial charge in [-0.15, -0.1) is 0 Å². The summed E-state index contributed by atoms with van der Waals surface area (Å²) in [5.41, 5.74) is 2.00. The second-order valence-electron chi connectivity index (χ2n) is 6.20. The lowest BCUT2D eigenvalue weighted by atomic mass is 10.1. The highest BCUT2D eigenvalue weighted by atomic mass is 16.2. The molecule has 0 bridgehead atoms. The molecule has 1 aliphatic heterocycles. The minimum Gasteiger partial charge on any atom is -0.356 e. The van der Waals surface area contributed by atoms with E-state index in [9.17, 15) is 14.4 Å². The molecule has 1 heterocycles. The van der Waals surface area contributed by atoms with Gasteiger partial charge in [-0.2, -0.15) is 0 Å². The summed E-state index contributed by atoms with van der Waals surface area (Å²) in [5.74, 6) is -0.613. The Morgan fingerprint density at radius 2 is 1.58 bits per heavy atom. The lowest BCUT2D eigenvalue weighted by Gasteiger charge is -2.13. The Kier molecular flexibility index (Phi) is 5.63. The molecule has 2 aromatic rings. The van der Waals surface area contributed by atoms with E-state index in [0.717, 1.165) is 22.4 Å². The zero-order valence-corrected chi connectivity index (χ0v) is 14.4. The molecule has 0 unspecified atom stereocenters. The van der Waals surface area contributed by atoms with Crippen LogP contribution in [-0.4, -0.2) is 35.3 Å². The number of hydrogen-bond donors (Lipinski definition) is 2. The first-order valence-electron chi connectivity index (χ1n) is 8.60. The molecule has 1 fully saturated rings. The number of carbonyl (C=O) groups excluding carboxylic acids is 3. The number of carbonyl (C=O) groups is 3. The van der Waals surface area contributed by atoms with Crippen molar-refractivity contribution >= 4 is 17.8 Å². The van der Waals surface area contributed by atoms with Crippen LogP contribution >= 0.6 is 0 Å². The summed E-state index contributed by atoms with van der Waals surface area (Å²) in [5, 5.41) is 5.39. The minimum absolute atomic E-state index is 0.0509. The summed E-state index contributed by atoms with van der Waals surface area (Å²) in [7, 11) is 0. The van der Waals surface area contributed by atoms with Gasteiger partial charge in [-0.3, -0.25) is 14.5 Å². The highest BCUT2D eigenvalue weighted by Gasteiger charge is 2.38. The van der Waals surface area contributed by atoms with Crippen LogP contribution in [0.25, 0.3) is 0 Å². The Morgan fingerprint density at radius 1 is 0.962 bits per heavy atom. The number of urea groups is 1. The highest BCUT2D eigenvalue weighted by Crippen LogP contribution is 2.14. The largest absolute Gasteiger partial charge is 0.356 e. The van der Waals surface area contributed by atoms with E-state index in [4.69, 9.17) is 0 Å². The topological polar surface area (TPSA) is 78.5 Å². The van der Waals surface area contributed by atoms with E-state index in [1.165, 1.54) is 0 Å². The van der Waals surface area contributed by atoms with Crippen LogP contribution in [0.15, 0.2) is 60.7 Å². The van der Waals surface area contributed by atoms with Crippen molar-refractivity contribution in [3.05, 3.63) is 71.8 Å². The fourth-order valence-corrected chi connectivity index (χ4v) is 2.88. The standard InChI is InChI=1S/C20H21N3O3/c24-18(21-12-11-15-7-3-1-4-8-15)13-17-19(25)23(20(26)22-17)14-16-9-5-2-6-10-16/h1-10,17H,11-14H2,(H,21,24)(H,22,26)/t17-/m1/s1. The predicted molar refractivity (Wildman–Crippen MR) is 97.1 cm³/mol. The zero-order valence-electron chi connectivity index (χ0n) is 14.4. The second kappa shape index (κ2) is 8.29. The van der Waals surface area contributed by atoms with Gasteiger partial charge in [0.1, 0.15) is 6.04 Å². The molecular weight excluding hydrogens is 330 g/mol. The molecule has 6 heteroatoms. The van der Waals surface area contributed by atoms with E-state index >= 15 is 0 Å². The van der Waals surface area contributed by atoms with Gasteiger partial charge in [0.05, 0.1) is 13.0 Å². The predicted octanol–water partition coefficient (Wildman–Crippen LogP) is 1.86. The Hall–Kier alpha value is -3.15. The maximum atomic E-state index is 12.4. The number of amides is 4. The van der Waals surface area contributed by atoms with Crippen molar-refractivity contribution < 1.29 is 14.4 Å². The van der Waals surface area contributed by atoms with Crippen molar-refractivity contribution in [1.82, 2.24) is 15.5 Å². The molecule has 134 valence electrons. The van der Waals surface area contributed by atoms with Gasteiger partial charge in [-0.05, 0) is 17.5 Å². The van der Waals surface area contributed by atoms with Crippen molar-refractivity contribution in [1.29, 1.82) is 0 Å². The molecule has 3 rings (SSSR count). The number of hydrogen-bond acceptors (Lipinski definition) is 3. The van der Waals surface area contributed by atoms with E-state index in [2.05, 4.69) is 10.6 Å². The summed E-state index contributed by atoms with van der Waals surface area (Å²) >= 11 is 0. The molecule has 0 aromatic heterocycles. The lowest BCUT2D eigenvalue weighted by Crippen LogP contribution is -2.37. The number of benzene rings is 2. The second-order valence-corrected chi connectivity index (χ2v) is 6.20. The zero-order chi connectivity index (χ0) is 18.4. The third kappa shape index (κ3) is 4.47. The highest BCUT2D eigenvalue weighted by molar-refractivity contribution is 6.05. The SMILES string of the molecule is O=C(C[C@H]1NC(=O)N(Cc2ccccc2)C1=O)NCCc1ccccc1. The molecule has 6 nitrogen and oxygen atoms in total. The monoisotopic (exact) mass is 351 g/mol. The summed E-state index contributed by atoms with van der Waals surface area (Å²) in [4.78, 5) is 37.7. The van der Waals surface area contributed by atoms with Gasteiger partial charge in [-0.25, -0.2) is 4.79 Å². The van der Waals surface area contributed by atoms with Crippen LogP contribution in [0, 0.1) is 0 Å². The van der Waals surface area contributed by atoms with Crippen molar-refractivity contribution in [2.45, 2.75) is 25.4 Å². The lowest BCUT2D eigenvalue weighted by molar-refractivity contribution is -0.131. The maximum absolute atomic E-state index is 12.4. The molecule has 2 aromatic carbocycles. The molecule has 1 atom stereocenters. The van der Waals surface area contributed by atoms with Gasteiger partial charge in [0.25, 0.3) is 5.91 Å². The van der Waals surface area contributed by atoms with Crippen molar-refractivity contribution in [3.63, 3.8) is 0 Å². The Morgan fingerprint density at radius 3 is 2.23 bits per heavy atom. The summed E-state index contributed by atoms with van der Waals surface area (Å²) in [6, 6.07) is 17.9. The van der Waals surface area contributed by atoms with E-state index in [1.54, 1.807) is 0 Å². The third-order valence-electron chi connectivity index (χ3n) is 4.26. The number of nitrogens with zero attached hydrogens (tertiary/aromatic N) is 1. The summed E-state index contributed by atoms with van der Waals surface area (Å²) < 4.78 is 0. The normalized spacial score (nSPS) is 16.5. The van der Waals surface area contributed by atoms with Crippen molar-refractivity contribution in [3.8, 4) is 0 Å². The average Bonchev–Trinajstić information content (AvgIpc) is 2.91. The molecule has 0 aliphatic carbocycles. The molecule has 0 radical (unpaired) electrons. The first kappa shape index (κ1) is 17.7. The summed E-state index contributed by atoms with van der Waals surface area (Å²) in [6.45, 7) is 0.697. The number of nitrogens with one attached hydrogen (secondary N) is 2. The van der Waals surface area contributed by atoms with Crippen LogP contribution in [0.3, 0.4) is 0 Å². The van der Waals surface area contributed by atoms with Crippen LogP contribution in [0.4, 0.5) is 4.79 Å². The van der Waals surface area contributed by atoms with Gasteiger partial charge in [0, 0.05) is 6.54 Å². The molecular formula is C20H21N3O3. The fraction of sp³-hybridized carbons (Fsp3) is 0.250. The number of imide groups is 1. The smallest absolute Gasteiger partial charge is 0.325 e. The molecule has 0 saturated carbocycles. The molecule has 1 saturated heterocycles. The van der Waals surface area contributed by atoms with Crippen molar-refractivity contribution in [2.24, 2.45) is 0 Å². The van der Waals surface area contributed by atoms with Gasteiger partial charge in [-0.1, -0.05) is 60.7 Å². The molecule has 4 amide bonds. The Labute approximate surface area is 152 Å². The summed E-state index contributed by atoms with van der Waals surface area (Å²) in [6.07, 6.45) is 0.669. The van der Waals surface area contributed by atoms with Crippen LogP contribution in [0.5, 0.6) is 0 Å². The van der Waals surface area contributed by atoms with Crippen LogP contribution in [0.2, 0.25) is 0 Å². The third-order valence-corrected chi connectivity index (χ3v) is 4.26. The Balaban J connectivity index is 1.48. The van der Waals surface area contributed by atoms with Gasteiger partial charge in [0.15, 0.2) is 0 Å². The van der Waals surface area contributed by atoms with E-state index in [0.29, 0.717) is 6.54 Å². The molecule has 1 aliphatic rings. The first-order chi connectivity index (χ1) is 12.6. The maximum Gasteiger partial charge on any atom is 0.325 e. The van der Waals surface area contributed by atoms with E-state index in [1.807, 2.05) is 60.7 Å². The van der Waals surface area contributed by atoms with Gasteiger partial charge < -0.3 is 10.6 Å². The van der Waals surface area contributed by atoms with Crippen molar-refractivity contribution in [2.75, 3.05) is 6.54 Å². The first-order valence-corrected chi connectivity index (χ1v) is 8.60. The molecule has 26 heavy (non-hydrogen) atoms. The Bertz CT molecular complexity index is 777. The molecule has 2 N–H and O–H groups in total. The van der Waals surface area contributed by atoms with E-state index < -0.39 is 12.1 Å². The van der Waals surface area contributed by atoms with Gasteiger partial charge in [0.2, 0.25) is 5.91 Å².